The summed E-state index contributed by atoms with van der Waals surface area (Å²) in [5, 5.41) is 12.1. The molecule has 2 heterocycles. The molecule has 0 radical (unpaired) electrons. The number of aryl methyl sites for hydroxylation is 2. The minimum absolute atomic E-state index is 0.0282. The smallest absolute Gasteiger partial charge is 0.230 e. The Morgan fingerprint density at radius 1 is 1.16 bits per heavy atom. The van der Waals surface area contributed by atoms with Gasteiger partial charge in [0.05, 0.1) is 5.75 Å². The van der Waals surface area contributed by atoms with Crippen molar-refractivity contribution in [3.05, 3.63) is 71.0 Å². The number of nitrogens with zero attached hydrogens (tertiary/aromatic N) is 4. The highest BCUT2D eigenvalue weighted by molar-refractivity contribution is 7.99. The second-order valence-corrected chi connectivity index (χ2v) is 9.34. The van der Waals surface area contributed by atoms with Crippen molar-refractivity contribution in [3.63, 3.8) is 0 Å². The Morgan fingerprint density at radius 3 is 2.75 bits per heavy atom. The maximum Gasteiger partial charge on any atom is 0.230 e. The third-order valence-corrected chi connectivity index (χ3v) is 7.24. The molecule has 1 aliphatic rings. The molecule has 0 bridgehead atoms. The molecule has 0 saturated heterocycles. The summed E-state index contributed by atoms with van der Waals surface area (Å²) in [5.74, 6) is 0.350. The summed E-state index contributed by atoms with van der Waals surface area (Å²) < 4.78 is 1.93. The Labute approximate surface area is 194 Å². The second kappa shape index (κ2) is 10.3. The van der Waals surface area contributed by atoms with Crippen LogP contribution in [-0.4, -0.2) is 50.5 Å². The van der Waals surface area contributed by atoms with Crippen molar-refractivity contribution in [2.75, 3.05) is 18.8 Å². The molecule has 1 N–H and O–H groups in total. The Bertz CT molecular complexity index is 1080. The number of nitrogens with one attached hydrogen (secondary N) is 1. The van der Waals surface area contributed by atoms with Crippen molar-refractivity contribution in [2.45, 2.75) is 51.4 Å². The minimum atomic E-state index is 0.0282. The largest absolute Gasteiger partial charge is 0.354 e. The molecule has 0 spiro atoms. The van der Waals surface area contributed by atoms with Crippen LogP contribution in [0.1, 0.15) is 35.6 Å². The first-order valence-electron chi connectivity index (χ1n) is 11.2. The van der Waals surface area contributed by atoms with Gasteiger partial charge in [0.25, 0.3) is 0 Å². The number of aromatic nitrogens is 3. The highest BCUT2D eigenvalue weighted by Crippen LogP contribution is 2.22. The van der Waals surface area contributed by atoms with Gasteiger partial charge in [0.1, 0.15) is 6.33 Å². The van der Waals surface area contributed by atoms with Crippen LogP contribution in [0.2, 0.25) is 0 Å². The highest BCUT2D eigenvalue weighted by atomic mass is 32.2. The molecular formula is C25H31N5OS. The molecule has 1 unspecified atom stereocenters. The van der Waals surface area contributed by atoms with E-state index >= 15 is 0 Å². The van der Waals surface area contributed by atoms with Crippen LogP contribution in [0.15, 0.2) is 53.9 Å². The van der Waals surface area contributed by atoms with Crippen molar-refractivity contribution in [1.29, 1.82) is 0 Å². The molecule has 2 aromatic carbocycles. The van der Waals surface area contributed by atoms with Crippen molar-refractivity contribution >= 4 is 17.7 Å². The van der Waals surface area contributed by atoms with Crippen LogP contribution < -0.4 is 5.32 Å². The fourth-order valence-corrected chi connectivity index (χ4v) is 4.91. The zero-order valence-corrected chi connectivity index (χ0v) is 19.9. The number of carbonyl (C=O) groups is 1. The molecule has 0 fully saturated rings. The lowest BCUT2D eigenvalue weighted by atomic mass is 9.98. The third-order valence-electron chi connectivity index (χ3n) is 6.30. The van der Waals surface area contributed by atoms with E-state index in [1.54, 1.807) is 6.33 Å². The van der Waals surface area contributed by atoms with Crippen LogP contribution in [0, 0.1) is 13.8 Å². The van der Waals surface area contributed by atoms with Gasteiger partial charge in [-0.1, -0.05) is 49.0 Å². The van der Waals surface area contributed by atoms with E-state index in [1.165, 1.54) is 34.0 Å². The van der Waals surface area contributed by atoms with Gasteiger partial charge in [-0.2, -0.15) is 0 Å². The summed E-state index contributed by atoms with van der Waals surface area (Å²) in [4.78, 5) is 15.1. The first-order chi connectivity index (χ1) is 15.5. The highest BCUT2D eigenvalue weighted by Gasteiger charge is 2.22. The first kappa shape index (κ1) is 22.6. The summed E-state index contributed by atoms with van der Waals surface area (Å²) in [7, 11) is 0. The number of carbonyl (C=O) groups excluding carboxylic acids is 1. The summed E-state index contributed by atoms with van der Waals surface area (Å²) in [6, 6.07) is 15.3. The zero-order chi connectivity index (χ0) is 22.5. The number of hydrogen-bond donors (Lipinski definition) is 1. The average Bonchev–Trinajstić information content (AvgIpc) is 3.28. The molecule has 1 aliphatic heterocycles. The van der Waals surface area contributed by atoms with Crippen molar-refractivity contribution in [3.8, 4) is 5.69 Å². The predicted octanol–water partition coefficient (Wildman–Crippen LogP) is 3.93. The van der Waals surface area contributed by atoms with Gasteiger partial charge in [-0.05, 0) is 61.1 Å². The summed E-state index contributed by atoms with van der Waals surface area (Å²) in [6.07, 6.45) is 3.78. The van der Waals surface area contributed by atoms with Crippen molar-refractivity contribution in [1.82, 2.24) is 25.0 Å². The van der Waals surface area contributed by atoms with Gasteiger partial charge in [0.2, 0.25) is 5.91 Å². The van der Waals surface area contributed by atoms with E-state index in [-0.39, 0.29) is 5.91 Å². The molecule has 1 atom stereocenters. The fraction of sp³-hybridized carbons (Fsp3) is 0.400. The van der Waals surface area contributed by atoms with E-state index < -0.39 is 0 Å². The quantitative estimate of drug-likeness (QED) is 0.528. The molecule has 168 valence electrons. The van der Waals surface area contributed by atoms with E-state index in [1.807, 2.05) is 4.57 Å². The fourth-order valence-electron chi connectivity index (χ4n) is 4.15. The maximum atomic E-state index is 12.6. The van der Waals surface area contributed by atoms with Gasteiger partial charge >= 0.3 is 0 Å². The minimum Gasteiger partial charge on any atom is -0.354 e. The predicted molar refractivity (Wildman–Crippen MR) is 129 cm³/mol. The van der Waals surface area contributed by atoms with E-state index in [2.05, 4.69) is 83.6 Å². The lowest BCUT2D eigenvalue weighted by molar-refractivity contribution is -0.118. The summed E-state index contributed by atoms with van der Waals surface area (Å²) >= 11 is 1.42. The van der Waals surface area contributed by atoms with Crippen LogP contribution in [0.25, 0.3) is 5.69 Å². The lowest BCUT2D eigenvalue weighted by Crippen LogP contribution is -2.46. The van der Waals surface area contributed by atoms with Crippen LogP contribution >= 0.6 is 11.8 Å². The number of benzene rings is 2. The monoisotopic (exact) mass is 449 g/mol. The van der Waals surface area contributed by atoms with E-state index in [9.17, 15) is 4.79 Å². The number of rotatable bonds is 8. The summed E-state index contributed by atoms with van der Waals surface area (Å²) in [6.45, 7) is 9.05. The van der Waals surface area contributed by atoms with E-state index in [0.717, 1.165) is 36.8 Å². The van der Waals surface area contributed by atoms with Crippen molar-refractivity contribution < 1.29 is 4.79 Å². The molecule has 4 rings (SSSR count). The molecular weight excluding hydrogens is 418 g/mol. The number of thioether (sulfide) groups is 1. The molecule has 32 heavy (non-hydrogen) atoms. The van der Waals surface area contributed by atoms with Crippen LogP contribution in [-0.2, 0) is 17.8 Å². The van der Waals surface area contributed by atoms with Gasteiger partial charge in [-0.3, -0.25) is 14.3 Å². The Hall–Kier alpha value is -2.64. The second-order valence-electron chi connectivity index (χ2n) is 8.40. The molecule has 1 aromatic heterocycles. The van der Waals surface area contributed by atoms with Crippen LogP contribution in [0.4, 0.5) is 0 Å². The SMILES string of the molecule is CCC(CNC(=O)CSc1nncn1-c1ccc(C)c(C)c1)N1CCc2ccccc2C1. The number of hydrogen-bond acceptors (Lipinski definition) is 5. The molecule has 7 heteroatoms. The van der Waals surface area contributed by atoms with Gasteiger partial charge in [-0.15, -0.1) is 10.2 Å². The number of amides is 1. The maximum absolute atomic E-state index is 12.6. The van der Waals surface area contributed by atoms with Crippen molar-refractivity contribution in [2.24, 2.45) is 0 Å². The van der Waals surface area contributed by atoms with Crippen LogP contribution in [0.3, 0.4) is 0 Å². The lowest BCUT2D eigenvalue weighted by Gasteiger charge is -2.35. The standard InChI is InChI=1S/C25H31N5OS/c1-4-22(29-12-11-20-7-5-6-8-21(20)15-29)14-26-24(31)16-32-25-28-27-17-30(25)23-10-9-18(2)19(3)13-23/h5-10,13,17,22H,4,11-12,14-16H2,1-3H3,(H,26,31). The van der Waals surface area contributed by atoms with Gasteiger partial charge < -0.3 is 5.32 Å². The molecule has 3 aromatic rings. The van der Waals surface area contributed by atoms with E-state index in [4.69, 9.17) is 0 Å². The molecule has 0 saturated carbocycles. The Morgan fingerprint density at radius 2 is 1.97 bits per heavy atom. The van der Waals surface area contributed by atoms with Gasteiger partial charge in [0, 0.05) is 31.4 Å². The summed E-state index contributed by atoms with van der Waals surface area (Å²) in [5.41, 5.74) is 6.34. The normalized spacial score (nSPS) is 14.7. The van der Waals surface area contributed by atoms with E-state index in [0.29, 0.717) is 18.3 Å². The van der Waals surface area contributed by atoms with Gasteiger partial charge in [0.15, 0.2) is 5.16 Å². The molecule has 0 aliphatic carbocycles. The molecule has 1 amide bonds. The number of fused-ring (bicyclic) bond motifs is 1. The zero-order valence-electron chi connectivity index (χ0n) is 19.0. The Balaban J connectivity index is 1.30. The van der Waals surface area contributed by atoms with Crippen LogP contribution in [0.5, 0.6) is 0 Å². The van der Waals surface area contributed by atoms with Gasteiger partial charge in [-0.25, -0.2) is 0 Å². The Kier molecular flexibility index (Phi) is 7.27. The first-order valence-corrected chi connectivity index (χ1v) is 12.2. The topological polar surface area (TPSA) is 63.1 Å². The average molecular weight is 450 g/mol. The molecule has 6 nitrogen and oxygen atoms in total. The third kappa shape index (κ3) is 5.22.